The van der Waals surface area contributed by atoms with Gasteiger partial charge in [0.15, 0.2) is 0 Å². The van der Waals surface area contributed by atoms with Crippen LogP contribution in [0.1, 0.15) is 42.6 Å². The number of ether oxygens (including phenoxy) is 1. The van der Waals surface area contributed by atoms with Gasteiger partial charge in [0.05, 0.1) is 12.6 Å². The molecular formula is C23H29N3O3. The summed E-state index contributed by atoms with van der Waals surface area (Å²) in [6.45, 7) is 6.45. The second-order valence-corrected chi connectivity index (χ2v) is 7.54. The van der Waals surface area contributed by atoms with Gasteiger partial charge in [0.25, 0.3) is 5.91 Å². The largest absolute Gasteiger partial charge is 0.491 e. The molecule has 1 heterocycles. The van der Waals surface area contributed by atoms with E-state index in [9.17, 15) is 9.59 Å². The van der Waals surface area contributed by atoms with Crippen LogP contribution in [-0.2, 0) is 11.3 Å². The van der Waals surface area contributed by atoms with Crippen molar-refractivity contribution >= 4 is 17.5 Å². The Kier molecular flexibility index (Phi) is 7.25. The zero-order chi connectivity index (χ0) is 20.6. The molecule has 1 saturated heterocycles. The number of nitrogens with zero attached hydrogens (tertiary/aromatic N) is 1. The molecule has 1 aliphatic heterocycles. The van der Waals surface area contributed by atoms with Crippen LogP contribution in [0.5, 0.6) is 5.75 Å². The molecule has 1 fully saturated rings. The first-order valence-corrected chi connectivity index (χ1v) is 10.2. The van der Waals surface area contributed by atoms with Crippen LogP contribution in [0.4, 0.5) is 5.69 Å². The molecule has 0 spiro atoms. The van der Waals surface area contributed by atoms with Gasteiger partial charge in [0.2, 0.25) is 5.91 Å². The summed E-state index contributed by atoms with van der Waals surface area (Å²) >= 11 is 0. The molecule has 0 atom stereocenters. The molecule has 2 aromatic rings. The van der Waals surface area contributed by atoms with E-state index in [0.717, 1.165) is 37.2 Å². The number of hydrogen-bond donors (Lipinski definition) is 2. The van der Waals surface area contributed by atoms with Gasteiger partial charge in [-0.25, -0.2) is 0 Å². The lowest BCUT2D eigenvalue weighted by Crippen LogP contribution is -2.28. The van der Waals surface area contributed by atoms with E-state index in [0.29, 0.717) is 17.8 Å². The Morgan fingerprint density at radius 2 is 1.66 bits per heavy atom. The Morgan fingerprint density at radius 1 is 1.00 bits per heavy atom. The molecule has 3 rings (SSSR count). The van der Waals surface area contributed by atoms with Gasteiger partial charge in [-0.3, -0.25) is 9.59 Å². The first-order chi connectivity index (χ1) is 14.0. The van der Waals surface area contributed by atoms with Gasteiger partial charge in [-0.15, -0.1) is 0 Å². The minimum Gasteiger partial charge on any atom is -0.491 e. The smallest absolute Gasteiger partial charge is 0.253 e. The molecule has 0 radical (unpaired) electrons. The van der Waals surface area contributed by atoms with Gasteiger partial charge in [0.1, 0.15) is 5.75 Å². The van der Waals surface area contributed by atoms with Crippen LogP contribution in [0.25, 0.3) is 0 Å². The molecule has 2 N–H and O–H groups in total. The van der Waals surface area contributed by atoms with Gasteiger partial charge in [0, 0.05) is 30.9 Å². The highest BCUT2D eigenvalue weighted by molar-refractivity contribution is 5.96. The van der Waals surface area contributed by atoms with Crippen LogP contribution in [0.2, 0.25) is 0 Å². The molecule has 1 aliphatic rings. The van der Waals surface area contributed by atoms with Crippen molar-refractivity contribution in [3.8, 4) is 5.75 Å². The number of carbonyl (C=O) groups is 2. The summed E-state index contributed by atoms with van der Waals surface area (Å²) in [5.41, 5.74) is 2.43. The van der Waals surface area contributed by atoms with Crippen LogP contribution in [0, 0.1) is 0 Å². The molecule has 154 valence electrons. The van der Waals surface area contributed by atoms with Crippen molar-refractivity contribution in [1.82, 2.24) is 10.2 Å². The molecule has 6 heteroatoms. The van der Waals surface area contributed by atoms with E-state index in [4.69, 9.17) is 4.74 Å². The molecule has 29 heavy (non-hydrogen) atoms. The number of benzene rings is 2. The van der Waals surface area contributed by atoms with E-state index >= 15 is 0 Å². The summed E-state index contributed by atoms with van der Waals surface area (Å²) in [6, 6.07) is 14.9. The van der Waals surface area contributed by atoms with Crippen molar-refractivity contribution in [2.75, 3.05) is 25.0 Å². The maximum absolute atomic E-state index is 12.4. The highest BCUT2D eigenvalue weighted by Crippen LogP contribution is 2.16. The standard InChI is InChI=1S/C23H29N3O3/c1-17(2)29-21-11-5-18(6-12-21)15-24-16-22(27)25-20-9-7-19(8-10-20)23(28)26-13-3-4-14-26/h5-12,17,24H,3-4,13-16H2,1-2H3,(H,25,27). The zero-order valence-corrected chi connectivity index (χ0v) is 17.1. The van der Waals surface area contributed by atoms with E-state index in [1.54, 1.807) is 24.3 Å². The van der Waals surface area contributed by atoms with Crippen LogP contribution < -0.4 is 15.4 Å². The molecule has 0 unspecified atom stereocenters. The predicted molar refractivity (Wildman–Crippen MR) is 114 cm³/mol. The van der Waals surface area contributed by atoms with Crippen LogP contribution in [-0.4, -0.2) is 42.5 Å². The number of nitrogens with one attached hydrogen (secondary N) is 2. The fourth-order valence-corrected chi connectivity index (χ4v) is 3.28. The maximum atomic E-state index is 12.4. The maximum Gasteiger partial charge on any atom is 0.253 e. The Bertz CT molecular complexity index is 810. The lowest BCUT2D eigenvalue weighted by atomic mass is 10.2. The molecule has 0 saturated carbocycles. The molecule has 0 aliphatic carbocycles. The highest BCUT2D eigenvalue weighted by atomic mass is 16.5. The number of rotatable bonds is 8. The number of anilines is 1. The predicted octanol–water partition coefficient (Wildman–Crippen LogP) is 3.44. The Balaban J connectivity index is 1.41. The molecule has 2 amide bonds. The third-order valence-corrected chi connectivity index (χ3v) is 4.72. The minimum atomic E-state index is -0.122. The molecule has 2 aromatic carbocycles. The fraction of sp³-hybridized carbons (Fsp3) is 0.391. The number of likely N-dealkylation sites (tertiary alicyclic amines) is 1. The first kappa shape index (κ1) is 20.9. The molecular weight excluding hydrogens is 366 g/mol. The normalized spacial score (nSPS) is 13.6. The summed E-state index contributed by atoms with van der Waals surface area (Å²) in [6.07, 6.45) is 2.29. The van der Waals surface area contributed by atoms with Gasteiger partial charge in [-0.1, -0.05) is 12.1 Å². The number of amides is 2. The van der Waals surface area contributed by atoms with Crippen molar-refractivity contribution in [2.24, 2.45) is 0 Å². The second-order valence-electron chi connectivity index (χ2n) is 7.54. The average molecular weight is 396 g/mol. The minimum absolute atomic E-state index is 0.0619. The van der Waals surface area contributed by atoms with Crippen LogP contribution >= 0.6 is 0 Å². The summed E-state index contributed by atoms with van der Waals surface area (Å²) in [4.78, 5) is 26.4. The quantitative estimate of drug-likeness (QED) is 0.718. The summed E-state index contributed by atoms with van der Waals surface area (Å²) in [7, 11) is 0. The topological polar surface area (TPSA) is 70.7 Å². The summed E-state index contributed by atoms with van der Waals surface area (Å²) in [5.74, 6) is 0.781. The highest BCUT2D eigenvalue weighted by Gasteiger charge is 2.19. The Morgan fingerprint density at radius 3 is 2.28 bits per heavy atom. The van der Waals surface area contributed by atoms with E-state index < -0.39 is 0 Å². The second kappa shape index (κ2) is 10.1. The summed E-state index contributed by atoms with van der Waals surface area (Å²) in [5, 5.41) is 5.98. The van der Waals surface area contributed by atoms with Crippen LogP contribution in [0.15, 0.2) is 48.5 Å². The zero-order valence-electron chi connectivity index (χ0n) is 17.1. The van der Waals surface area contributed by atoms with E-state index in [2.05, 4.69) is 10.6 Å². The molecule has 0 bridgehead atoms. The number of hydrogen-bond acceptors (Lipinski definition) is 4. The lowest BCUT2D eigenvalue weighted by Gasteiger charge is -2.15. The van der Waals surface area contributed by atoms with Gasteiger partial charge < -0.3 is 20.3 Å². The van der Waals surface area contributed by atoms with Crippen molar-refractivity contribution < 1.29 is 14.3 Å². The van der Waals surface area contributed by atoms with Gasteiger partial charge >= 0.3 is 0 Å². The third kappa shape index (κ3) is 6.32. The third-order valence-electron chi connectivity index (χ3n) is 4.72. The Labute approximate surface area is 172 Å². The van der Waals surface area contributed by atoms with Crippen LogP contribution in [0.3, 0.4) is 0 Å². The molecule has 6 nitrogen and oxygen atoms in total. The van der Waals surface area contributed by atoms with Crippen molar-refractivity contribution in [1.29, 1.82) is 0 Å². The SMILES string of the molecule is CC(C)Oc1ccc(CNCC(=O)Nc2ccc(C(=O)N3CCCC3)cc2)cc1. The van der Waals surface area contributed by atoms with E-state index in [1.165, 1.54) is 0 Å². The van der Waals surface area contributed by atoms with Crippen molar-refractivity contribution in [3.63, 3.8) is 0 Å². The van der Waals surface area contributed by atoms with Crippen molar-refractivity contribution in [2.45, 2.75) is 39.3 Å². The van der Waals surface area contributed by atoms with E-state index in [-0.39, 0.29) is 24.5 Å². The lowest BCUT2D eigenvalue weighted by molar-refractivity contribution is -0.115. The van der Waals surface area contributed by atoms with Crippen molar-refractivity contribution in [3.05, 3.63) is 59.7 Å². The fourth-order valence-electron chi connectivity index (χ4n) is 3.28. The summed E-state index contributed by atoms with van der Waals surface area (Å²) < 4.78 is 5.62. The van der Waals surface area contributed by atoms with Gasteiger partial charge in [-0.05, 0) is 68.7 Å². The van der Waals surface area contributed by atoms with E-state index in [1.807, 2.05) is 43.0 Å². The first-order valence-electron chi connectivity index (χ1n) is 10.2. The number of carbonyl (C=O) groups excluding carboxylic acids is 2. The average Bonchev–Trinajstić information content (AvgIpc) is 3.24. The Hall–Kier alpha value is -2.86. The molecule has 0 aromatic heterocycles. The van der Waals surface area contributed by atoms with Gasteiger partial charge in [-0.2, -0.15) is 0 Å². The monoisotopic (exact) mass is 395 g/mol.